The Morgan fingerprint density at radius 2 is 1.71 bits per heavy atom. The lowest BCUT2D eigenvalue weighted by Crippen LogP contribution is -2.51. The van der Waals surface area contributed by atoms with Crippen LogP contribution >= 0.6 is 0 Å². The normalized spacial score (nSPS) is 19.5. The number of rotatable bonds is 1. The minimum Gasteiger partial charge on any atom is -0.340 e. The topological polar surface area (TPSA) is 46.1 Å². The summed E-state index contributed by atoms with van der Waals surface area (Å²) < 4.78 is 0. The van der Waals surface area contributed by atoms with Gasteiger partial charge >= 0.3 is 0 Å². The highest BCUT2D eigenvalue weighted by molar-refractivity contribution is 5.84. The van der Waals surface area contributed by atoms with E-state index in [-0.39, 0.29) is 17.4 Å². The SMILES string of the molecule is CN1C(=O)C(c2ncc(C#Cc3ccccc3)cn2)CCC1(C)C. The molecule has 4 heteroatoms. The van der Waals surface area contributed by atoms with Crippen LogP contribution in [0.2, 0.25) is 0 Å². The molecular formula is C20H21N3O. The number of likely N-dealkylation sites (tertiary alicyclic amines) is 1. The quantitative estimate of drug-likeness (QED) is 0.759. The van der Waals surface area contributed by atoms with Crippen molar-refractivity contribution in [1.82, 2.24) is 14.9 Å². The fourth-order valence-corrected chi connectivity index (χ4v) is 2.81. The van der Waals surface area contributed by atoms with Crippen molar-refractivity contribution in [2.75, 3.05) is 7.05 Å². The second kappa shape index (κ2) is 6.45. The molecule has 0 aliphatic carbocycles. The summed E-state index contributed by atoms with van der Waals surface area (Å²) in [6.45, 7) is 4.18. The van der Waals surface area contributed by atoms with Crippen LogP contribution in [0.5, 0.6) is 0 Å². The van der Waals surface area contributed by atoms with E-state index < -0.39 is 0 Å². The largest absolute Gasteiger partial charge is 0.340 e. The molecule has 122 valence electrons. The summed E-state index contributed by atoms with van der Waals surface area (Å²) in [6.07, 6.45) is 5.13. The minimum absolute atomic E-state index is 0.0920. The van der Waals surface area contributed by atoms with Gasteiger partial charge in [0.25, 0.3) is 0 Å². The molecule has 1 aromatic carbocycles. The van der Waals surface area contributed by atoms with Crippen LogP contribution < -0.4 is 0 Å². The van der Waals surface area contributed by atoms with E-state index in [1.165, 1.54) is 0 Å². The number of hydrogen-bond acceptors (Lipinski definition) is 3. The molecular weight excluding hydrogens is 298 g/mol. The molecule has 1 aliphatic heterocycles. The fourth-order valence-electron chi connectivity index (χ4n) is 2.81. The molecule has 1 saturated heterocycles. The third-order valence-electron chi connectivity index (χ3n) is 4.69. The molecule has 2 aromatic rings. The number of nitrogens with zero attached hydrogens (tertiary/aromatic N) is 3. The average Bonchev–Trinajstić information content (AvgIpc) is 2.60. The first kappa shape index (κ1) is 16.2. The predicted molar refractivity (Wildman–Crippen MR) is 93.3 cm³/mol. The van der Waals surface area contributed by atoms with Crippen molar-refractivity contribution in [2.24, 2.45) is 0 Å². The molecule has 0 bridgehead atoms. The lowest BCUT2D eigenvalue weighted by molar-refractivity contribution is -0.140. The maximum Gasteiger partial charge on any atom is 0.233 e. The summed E-state index contributed by atoms with van der Waals surface area (Å²) in [7, 11) is 1.86. The van der Waals surface area contributed by atoms with Gasteiger partial charge in [-0.1, -0.05) is 30.0 Å². The van der Waals surface area contributed by atoms with Crippen molar-refractivity contribution in [1.29, 1.82) is 0 Å². The van der Waals surface area contributed by atoms with Gasteiger partial charge in [0.2, 0.25) is 5.91 Å². The number of hydrogen-bond donors (Lipinski definition) is 0. The highest BCUT2D eigenvalue weighted by Gasteiger charge is 2.39. The Balaban J connectivity index is 1.76. The number of piperidine rings is 1. The Morgan fingerprint density at radius 1 is 1.08 bits per heavy atom. The van der Waals surface area contributed by atoms with Crippen LogP contribution in [-0.4, -0.2) is 33.4 Å². The molecule has 1 fully saturated rings. The monoisotopic (exact) mass is 319 g/mol. The van der Waals surface area contributed by atoms with Crippen LogP contribution in [0.15, 0.2) is 42.7 Å². The minimum atomic E-state index is -0.251. The number of likely N-dealkylation sites (N-methyl/N-ethyl adjacent to an activating group) is 1. The highest BCUT2D eigenvalue weighted by atomic mass is 16.2. The Hall–Kier alpha value is -2.67. The first-order valence-corrected chi connectivity index (χ1v) is 8.14. The van der Waals surface area contributed by atoms with Crippen molar-refractivity contribution in [3.05, 3.63) is 59.7 Å². The lowest BCUT2D eigenvalue weighted by atomic mass is 9.84. The molecule has 1 aromatic heterocycles. The number of amides is 1. The Labute approximate surface area is 142 Å². The second-order valence-corrected chi connectivity index (χ2v) is 6.75. The van der Waals surface area contributed by atoms with Gasteiger partial charge in [-0.25, -0.2) is 9.97 Å². The zero-order valence-electron chi connectivity index (χ0n) is 14.3. The summed E-state index contributed by atoms with van der Waals surface area (Å²) in [5, 5.41) is 0. The molecule has 0 radical (unpaired) electrons. The van der Waals surface area contributed by atoms with Crippen molar-refractivity contribution >= 4 is 5.91 Å². The maximum atomic E-state index is 12.6. The predicted octanol–water partition coefficient (Wildman–Crippen LogP) is 2.99. The number of aromatic nitrogens is 2. The summed E-state index contributed by atoms with van der Waals surface area (Å²) in [6, 6.07) is 9.79. The lowest BCUT2D eigenvalue weighted by Gasteiger charge is -2.42. The van der Waals surface area contributed by atoms with E-state index in [2.05, 4.69) is 35.7 Å². The van der Waals surface area contributed by atoms with E-state index in [1.54, 1.807) is 12.4 Å². The standard InChI is InChI=1S/C20H21N3O/c1-20(2)12-11-17(19(24)23(20)3)18-21-13-16(14-22-18)10-9-15-7-5-4-6-8-15/h4-8,13-14,17H,11-12H2,1-3H3. The van der Waals surface area contributed by atoms with E-state index in [0.29, 0.717) is 5.82 Å². The molecule has 1 amide bonds. The van der Waals surface area contributed by atoms with Gasteiger partial charge in [0.1, 0.15) is 5.82 Å². The van der Waals surface area contributed by atoms with Crippen LogP contribution in [0.3, 0.4) is 0 Å². The summed E-state index contributed by atoms with van der Waals surface area (Å²) in [5.74, 6) is 6.57. The maximum absolute atomic E-state index is 12.6. The van der Waals surface area contributed by atoms with Crippen LogP contribution in [-0.2, 0) is 4.79 Å². The molecule has 3 rings (SSSR count). The molecule has 4 nitrogen and oxygen atoms in total. The smallest absolute Gasteiger partial charge is 0.233 e. The molecule has 1 atom stereocenters. The number of carbonyl (C=O) groups is 1. The van der Waals surface area contributed by atoms with Crippen molar-refractivity contribution < 1.29 is 4.79 Å². The van der Waals surface area contributed by atoms with Gasteiger partial charge < -0.3 is 4.90 Å². The number of carbonyl (C=O) groups excluding carboxylic acids is 1. The molecule has 1 aliphatic rings. The van der Waals surface area contributed by atoms with Crippen LogP contribution in [0.4, 0.5) is 0 Å². The zero-order chi connectivity index (χ0) is 17.2. The van der Waals surface area contributed by atoms with Crippen LogP contribution in [0.25, 0.3) is 0 Å². The second-order valence-electron chi connectivity index (χ2n) is 6.75. The zero-order valence-corrected chi connectivity index (χ0v) is 14.3. The Kier molecular flexibility index (Phi) is 4.35. The molecule has 0 N–H and O–H groups in total. The van der Waals surface area contributed by atoms with E-state index in [4.69, 9.17) is 0 Å². The summed E-state index contributed by atoms with van der Waals surface area (Å²) >= 11 is 0. The van der Waals surface area contributed by atoms with Gasteiger partial charge in [0.15, 0.2) is 0 Å². The average molecular weight is 319 g/mol. The fraction of sp³-hybridized carbons (Fsp3) is 0.350. The number of benzene rings is 1. The molecule has 2 heterocycles. The van der Waals surface area contributed by atoms with E-state index in [0.717, 1.165) is 24.0 Å². The van der Waals surface area contributed by atoms with Gasteiger partial charge in [-0.15, -0.1) is 0 Å². The third-order valence-corrected chi connectivity index (χ3v) is 4.69. The van der Waals surface area contributed by atoms with Gasteiger partial charge in [-0.05, 0) is 38.8 Å². The van der Waals surface area contributed by atoms with Crippen LogP contribution in [0.1, 0.15) is 49.6 Å². The van der Waals surface area contributed by atoms with Crippen molar-refractivity contribution in [3.63, 3.8) is 0 Å². The van der Waals surface area contributed by atoms with Gasteiger partial charge in [-0.2, -0.15) is 0 Å². The first-order valence-electron chi connectivity index (χ1n) is 8.14. The van der Waals surface area contributed by atoms with E-state index in [9.17, 15) is 4.79 Å². The van der Waals surface area contributed by atoms with E-state index >= 15 is 0 Å². The Bertz CT molecular complexity index is 785. The molecule has 1 unspecified atom stereocenters. The molecule has 24 heavy (non-hydrogen) atoms. The summed E-state index contributed by atoms with van der Waals surface area (Å²) in [4.78, 5) is 23.1. The Morgan fingerprint density at radius 3 is 2.38 bits per heavy atom. The van der Waals surface area contributed by atoms with Crippen molar-refractivity contribution in [2.45, 2.75) is 38.1 Å². The molecule has 0 spiro atoms. The third kappa shape index (κ3) is 3.30. The van der Waals surface area contributed by atoms with Crippen molar-refractivity contribution in [3.8, 4) is 11.8 Å². The molecule has 0 saturated carbocycles. The van der Waals surface area contributed by atoms with Gasteiger partial charge in [0, 0.05) is 30.5 Å². The van der Waals surface area contributed by atoms with Crippen LogP contribution in [0, 0.1) is 11.8 Å². The highest BCUT2D eigenvalue weighted by Crippen LogP contribution is 2.34. The van der Waals surface area contributed by atoms with Gasteiger partial charge in [0.05, 0.1) is 11.5 Å². The summed E-state index contributed by atoms with van der Waals surface area (Å²) in [5.41, 5.74) is 1.60. The first-order chi connectivity index (χ1) is 11.5. The van der Waals surface area contributed by atoms with Gasteiger partial charge in [-0.3, -0.25) is 4.79 Å². The van der Waals surface area contributed by atoms with E-state index in [1.807, 2.05) is 42.3 Å².